The average molecular weight is 316 g/mol. The molecule has 0 aromatic rings. The molecule has 0 amide bonds. The van der Waals surface area contributed by atoms with E-state index >= 15 is 0 Å². The largest absolute Gasteiger partial charge is 0.285 e. The monoisotopic (exact) mass is 316 g/mol. The average Bonchev–Trinajstić information content (AvgIpc) is 2.13. The molecule has 0 aromatic carbocycles. The molecule has 0 rings (SSSR count). The first-order valence-corrected chi connectivity index (χ1v) is 9.27. The number of hydrogen-bond acceptors (Lipinski definition) is 4. The summed E-state index contributed by atoms with van der Waals surface area (Å²) >= 11 is 0. The topological polar surface area (TPSA) is 109 Å². The van der Waals surface area contributed by atoms with Crippen LogP contribution < -0.4 is 0 Å². The third-order valence-electron chi connectivity index (χ3n) is 3.29. The van der Waals surface area contributed by atoms with Crippen molar-refractivity contribution in [2.24, 2.45) is 11.8 Å². The fraction of sp³-hybridized carbons (Fsp3) is 1.00. The van der Waals surface area contributed by atoms with Crippen LogP contribution in [-0.2, 0) is 20.2 Å². The van der Waals surface area contributed by atoms with Crippen molar-refractivity contribution in [3.05, 3.63) is 0 Å². The Morgan fingerprint density at radius 3 is 1.16 bits per heavy atom. The Morgan fingerprint density at radius 1 is 0.684 bits per heavy atom. The molecule has 0 aliphatic heterocycles. The molecular weight excluding hydrogens is 292 g/mol. The van der Waals surface area contributed by atoms with E-state index in [0.29, 0.717) is 19.3 Å². The van der Waals surface area contributed by atoms with Crippen molar-refractivity contribution in [2.45, 2.75) is 57.5 Å². The first-order valence-electron chi connectivity index (χ1n) is 6.26. The molecule has 0 radical (unpaired) electrons. The van der Waals surface area contributed by atoms with Crippen LogP contribution in [0.25, 0.3) is 0 Å². The summed E-state index contributed by atoms with van der Waals surface area (Å²) in [5, 5.41) is -1.65. The quantitative estimate of drug-likeness (QED) is 0.663. The molecule has 0 fully saturated rings. The lowest BCUT2D eigenvalue weighted by molar-refractivity contribution is 0.359. The smallest absolute Gasteiger partial charge is 0.267 e. The van der Waals surface area contributed by atoms with Gasteiger partial charge in [0.25, 0.3) is 20.2 Å². The third-order valence-corrected chi connectivity index (χ3v) is 5.71. The van der Waals surface area contributed by atoms with Gasteiger partial charge in [-0.25, -0.2) is 0 Å². The van der Waals surface area contributed by atoms with Crippen molar-refractivity contribution in [1.82, 2.24) is 0 Å². The third kappa shape index (κ3) is 7.86. The SMILES string of the molecule is CC(CC(C)CC(C)S(=O)(=O)O)CC(C)S(=O)(=O)O. The van der Waals surface area contributed by atoms with Crippen molar-refractivity contribution in [3.8, 4) is 0 Å². The Kier molecular flexibility index (Phi) is 6.94. The zero-order valence-corrected chi connectivity index (χ0v) is 13.4. The van der Waals surface area contributed by atoms with Crippen LogP contribution in [0.5, 0.6) is 0 Å². The molecule has 0 bridgehead atoms. The first kappa shape index (κ1) is 18.8. The fourth-order valence-electron chi connectivity index (χ4n) is 2.26. The highest BCUT2D eigenvalue weighted by Crippen LogP contribution is 2.23. The van der Waals surface area contributed by atoms with Gasteiger partial charge in [0, 0.05) is 0 Å². The highest BCUT2D eigenvalue weighted by Gasteiger charge is 2.24. The molecule has 19 heavy (non-hydrogen) atoms. The standard InChI is InChI=1S/C11H24O6S2/c1-8(6-10(3)18(12,13)14)5-9(2)7-11(4)19(15,16)17/h8-11H,5-7H2,1-4H3,(H,12,13,14)(H,15,16,17). The van der Waals surface area contributed by atoms with E-state index in [1.165, 1.54) is 13.8 Å². The van der Waals surface area contributed by atoms with Crippen molar-refractivity contribution >= 4 is 20.2 Å². The van der Waals surface area contributed by atoms with Gasteiger partial charge in [-0.1, -0.05) is 13.8 Å². The van der Waals surface area contributed by atoms with Gasteiger partial charge in [0.15, 0.2) is 0 Å². The first-order chi connectivity index (χ1) is 8.34. The molecule has 0 spiro atoms. The summed E-state index contributed by atoms with van der Waals surface area (Å²) < 4.78 is 61.4. The van der Waals surface area contributed by atoms with E-state index in [2.05, 4.69) is 0 Å². The summed E-state index contributed by atoms with van der Waals surface area (Å²) in [6.07, 6.45) is 1.28. The van der Waals surface area contributed by atoms with Crippen molar-refractivity contribution in [1.29, 1.82) is 0 Å². The normalized spacial score (nSPS) is 19.7. The summed E-state index contributed by atoms with van der Waals surface area (Å²) in [6, 6.07) is 0. The van der Waals surface area contributed by atoms with Gasteiger partial charge in [-0.3, -0.25) is 9.11 Å². The minimum atomic E-state index is -4.02. The van der Waals surface area contributed by atoms with Crippen LogP contribution in [-0.4, -0.2) is 36.4 Å². The van der Waals surface area contributed by atoms with Crippen LogP contribution in [0, 0.1) is 11.8 Å². The van der Waals surface area contributed by atoms with E-state index in [-0.39, 0.29) is 11.8 Å². The molecule has 8 heteroatoms. The molecule has 0 heterocycles. The summed E-state index contributed by atoms with van der Waals surface area (Å²) in [7, 11) is -8.03. The van der Waals surface area contributed by atoms with Crippen molar-refractivity contribution in [2.75, 3.05) is 0 Å². The molecule has 0 aliphatic carbocycles. The van der Waals surface area contributed by atoms with E-state index in [1.807, 2.05) is 13.8 Å². The van der Waals surface area contributed by atoms with Gasteiger partial charge in [0.1, 0.15) is 0 Å². The van der Waals surface area contributed by atoms with Gasteiger partial charge in [0.2, 0.25) is 0 Å². The molecule has 0 aliphatic rings. The Morgan fingerprint density at radius 2 is 0.947 bits per heavy atom. The minimum absolute atomic E-state index is 0.0421. The van der Waals surface area contributed by atoms with E-state index in [9.17, 15) is 16.8 Å². The Bertz CT molecular complexity index is 423. The highest BCUT2D eigenvalue weighted by atomic mass is 32.2. The second kappa shape index (κ2) is 7.01. The molecule has 2 N–H and O–H groups in total. The number of hydrogen-bond donors (Lipinski definition) is 2. The molecule has 116 valence electrons. The lowest BCUT2D eigenvalue weighted by Gasteiger charge is -2.21. The van der Waals surface area contributed by atoms with Crippen LogP contribution in [0.1, 0.15) is 47.0 Å². The fourth-order valence-corrected chi connectivity index (χ4v) is 3.40. The number of rotatable bonds is 8. The second-order valence-electron chi connectivity index (χ2n) is 5.57. The van der Waals surface area contributed by atoms with E-state index < -0.39 is 30.7 Å². The molecule has 4 atom stereocenters. The predicted octanol–water partition coefficient (Wildman–Crippen LogP) is 1.98. The molecule has 4 unspecified atom stereocenters. The Hall–Kier alpha value is -0.180. The highest BCUT2D eigenvalue weighted by molar-refractivity contribution is 7.86. The molecule has 0 saturated heterocycles. The Labute approximate surface area is 116 Å². The zero-order valence-electron chi connectivity index (χ0n) is 11.8. The zero-order chi connectivity index (χ0) is 15.4. The molecule has 0 saturated carbocycles. The summed E-state index contributed by atoms with van der Waals surface area (Å²) in [5.41, 5.74) is 0. The van der Waals surface area contributed by atoms with E-state index in [0.717, 1.165) is 0 Å². The maximum Gasteiger partial charge on any atom is 0.267 e. The van der Waals surface area contributed by atoms with Crippen LogP contribution in [0.4, 0.5) is 0 Å². The molecular formula is C11H24O6S2. The van der Waals surface area contributed by atoms with Gasteiger partial charge in [-0.2, -0.15) is 16.8 Å². The summed E-state index contributed by atoms with van der Waals surface area (Å²) in [6.45, 7) is 6.60. The van der Waals surface area contributed by atoms with Crippen LogP contribution >= 0.6 is 0 Å². The van der Waals surface area contributed by atoms with Crippen LogP contribution in [0.2, 0.25) is 0 Å². The van der Waals surface area contributed by atoms with Gasteiger partial charge in [-0.05, 0) is 44.9 Å². The van der Waals surface area contributed by atoms with Gasteiger partial charge in [0.05, 0.1) is 10.5 Å². The Balaban J connectivity index is 4.31. The van der Waals surface area contributed by atoms with Gasteiger partial charge < -0.3 is 0 Å². The summed E-state index contributed by atoms with van der Waals surface area (Å²) in [4.78, 5) is 0. The maximum absolute atomic E-state index is 10.9. The van der Waals surface area contributed by atoms with Crippen LogP contribution in [0.3, 0.4) is 0 Å². The van der Waals surface area contributed by atoms with Gasteiger partial charge >= 0.3 is 0 Å². The van der Waals surface area contributed by atoms with E-state index in [4.69, 9.17) is 9.11 Å². The second-order valence-corrected chi connectivity index (χ2v) is 9.24. The maximum atomic E-state index is 10.9. The predicted molar refractivity (Wildman–Crippen MR) is 74.2 cm³/mol. The van der Waals surface area contributed by atoms with Crippen molar-refractivity contribution < 1.29 is 25.9 Å². The lowest BCUT2D eigenvalue weighted by Crippen LogP contribution is -2.23. The van der Waals surface area contributed by atoms with Crippen LogP contribution in [0.15, 0.2) is 0 Å². The molecule has 6 nitrogen and oxygen atoms in total. The lowest BCUT2D eigenvalue weighted by atomic mass is 9.91. The van der Waals surface area contributed by atoms with Crippen molar-refractivity contribution in [3.63, 3.8) is 0 Å². The van der Waals surface area contributed by atoms with E-state index in [1.54, 1.807) is 0 Å². The summed E-state index contributed by atoms with van der Waals surface area (Å²) in [5.74, 6) is 0.0843. The minimum Gasteiger partial charge on any atom is -0.285 e. The molecule has 0 aromatic heterocycles. The van der Waals surface area contributed by atoms with Gasteiger partial charge in [-0.15, -0.1) is 0 Å².